The second-order valence-corrected chi connectivity index (χ2v) is 8.80. The van der Waals surface area contributed by atoms with E-state index >= 15 is 0 Å². The standard InChI is InChI=1S/2C11H14O3.CH2O3/c2*1-11(2,3)8-6-4-5-7(9(8)12)10(13)14;2-1(3)4/h2*4-6,12H,1-3H3,(H,13,14);(H2,2,3,4). The van der Waals surface area contributed by atoms with E-state index in [9.17, 15) is 19.8 Å². The Kier molecular flexibility index (Phi) is 9.74. The number of aromatic hydroxyl groups is 2. The highest BCUT2D eigenvalue weighted by atomic mass is 16.6. The molecule has 0 aromatic heterocycles. The number of carboxylic acids is 2. The molecule has 0 heterocycles. The van der Waals surface area contributed by atoms with Gasteiger partial charge in [0.2, 0.25) is 0 Å². The number of carboxylic acid groups (broad SMARTS) is 4. The Morgan fingerprint density at radius 2 is 0.844 bits per heavy atom. The van der Waals surface area contributed by atoms with Gasteiger partial charge in [0.1, 0.15) is 22.6 Å². The highest BCUT2D eigenvalue weighted by Crippen LogP contribution is 2.33. The van der Waals surface area contributed by atoms with Gasteiger partial charge in [0.05, 0.1) is 0 Å². The zero-order valence-electron chi connectivity index (χ0n) is 18.9. The molecule has 0 unspecified atom stereocenters. The minimum atomic E-state index is -1.83. The summed E-state index contributed by atoms with van der Waals surface area (Å²) < 4.78 is 0. The van der Waals surface area contributed by atoms with Gasteiger partial charge in [0, 0.05) is 11.1 Å². The maximum Gasteiger partial charge on any atom is 0.503 e. The smallest absolute Gasteiger partial charge is 0.503 e. The molecule has 2 rings (SSSR count). The molecule has 32 heavy (non-hydrogen) atoms. The molecule has 176 valence electrons. The lowest BCUT2D eigenvalue weighted by molar-refractivity contribution is 0.0682. The van der Waals surface area contributed by atoms with Crippen LogP contribution in [0.2, 0.25) is 0 Å². The Balaban J connectivity index is 0.000000515. The summed E-state index contributed by atoms with van der Waals surface area (Å²) in [6.07, 6.45) is -1.83. The summed E-state index contributed by atoms with van der Waals surface area (Å²) in [6.45, 7) is 11.5. The second-order valence-electron chi connectivity index (χ2n) is 8.80. The van der Waals surface area contributed by atoms with E-state index in [1.54, 1.807) is 24.3 Å². The molecule has 0 atom stereocenters. The van der Waals surface area contributed by atoms with Crippen molar-refractivity contribution in [1.82, 2.24) is 0 Å². The van der Waals surface area contributed by atoms with Gasteiger partial charge in [-0.3, -0.25) is 0 Å². The van der Waals surface area contributed by atoms with E-state index in [0.29, 0.717) is 11.1 Å². The van der Waals surface area contributed by atoms with Crippen LogP contribution < -0.4 is 0 Å². The summed E-state index contributed by atoms with van der Waals surface area (Å²) in [5, 5.41) is 51.0. The van der Waals surface area contributed by atoms with Gasteiger partial charge in [-0.2, -0.15) is 0 Å². The third-order valence-electron chi connectivity index (χ3n) is 4.15. The minimum Gasteiger partial charge on any atom is -0.507 e. The number of benzene rings is 2. The normalized spacial score (nSPS) is 10.7. The topological polar surface area (TPSA) is 173 Å². The van der Waals surface area contributed by atoms with Crippen LogP contribution in [-0.4, -0.2) is 48.7 Å². The number of hydrogen-bond donors (Lipinski definition) is 6. The molecule has 0 saturated carbocycles. The van der Waals surface area contributed by atoms with E-state index in [1.807, 2.05) is 41.5 Å². The minimum absolute atomic E-state index is 0.0441. The fourth-order valence-electron chi connectivity index (χ4n) is 2.64. The summed E-state index contributed by atoms with van der Waals surface area (Å²) in [5.41, 5.74) is 0.704. The fourth-order valence-corrected chi connectivity index (χ4v) is 2.64. The summed E-state index contributed by atoms with van der Waals surface area (Å²) in [5.74, 6) is -2.47. The van der Waals surface area contributed by atoms with Crippen molar-refractivity contribution in [2.45, 2.75) is 52.4 Å². The van der Waals surface area contributed by atoms with E-state index in [2.05, 4.69) is 0 Å². The van der Waals surface area contributed by atoms with Crippen molar-refractivity contribution in [2.24, 2.45) is 0 Å². The van der Waals surface area contributed by atoms with Crippen molar-refractivity contribution in [3.05, 3.63) is 58.7 Å². The van der Waals surface area contributed by atoms with Crippen LogP contribution >= 0.6 is 0 Å². The van der Waals surface area contributed by atoms with Gasteiger partial charge in [0.15, 0.2) is 0 Å². The first kappa shape index (κ1) is 28.2. The second kappa shape index (κ2) is 11.0. The summed E-state index contributed by atoms with van der Waals surface area (Å²) >= 11 is 0. The number of aromatic carboxylic acids is 2. The van der Waals surface area contributed by atoms with E-state index in [4.69, 9.17) is 25.2 Å². The molecular formula is C23H30O9. The lowest BCUT2D eigenvalue weighted by atomic mass is 9.85. The molecule has 0 aliphatic heterocycles. The van der Waals surface area contributed by atoms with E-state index < -0.39 is 18.1 Å². The van der Waals surface area contributed by atoms with Crippen molar-refractivity contribution in [3.8, 4) is 11.5 Å². The molecule has 0 radical (unpaired) electrons. The molecule has 2 aromatic rings. The molecule has 9 nitrogen and oxygen atoms in total. The first-order chi connectivity index (χ1) is 14.4. The van der Waals surface area contributed by atoms with Crippen LogP contribution in [0, 0.1) is 0 Å². The van der Waals surface area contributed by atoms with Gasteiger partial charge in [-0.1, -0.05) is 65.8 Å². The lowest BCUT2D eigenvalue weighted by Crippen LogP contribution is -2.12. The molecule has 9 heteroatoms. The Hall–Kier alpha value is -3.75. The molecule has 6 N–H and O–H groups in total. The number of phenols is 2. The molecule has 0 aliphatic carbocycles. The molecule has 0 spiro atoms. The molecule has 0 bridgehead atoms. The maximum absolute atomic E-state index is 10.7. The lowest BCUT2D eigenvalue weighted by Gasteiger charge is -2.20. The summed E-state index contributed by atoms with van der Waals surface area (Å²) in [4.78, 5) is 30.0. The van der Waals surface area contributed by atoms with Gasteiger partial charge >= 0.3 is 18.1 Å². The van der Waals surface area contributed by atoms with Crippen molar-refractivity contribution < 1.29 is 45.0 Å². The van der Waals surface area contributed by atoms with Crippen molar-refractivity contribution in [2.75, 3.05) is 0 Å². The number of rotatable bonds is 2. The first-order valence-electron chi connectivity index (χ1n) is 9.44. The van der Waals surface area contributed by atoms with Crippen molar-refractivity contribution in [3.63, 3.8) is 0 Å². The van der Waals surface area contributed by atoms with Gasteiger partial charge in [0.25, 0.3) is 0 Å². The van der Waals surface area contributed by atoms with Gasteiger partial charge in [-0.15, -0.1) is 0 Å². The molecule has 0 fully saturated rings. The van der Waals surface area contributed by atoms with Crippen LogP contribution in [0.4, 0.5) is 4.79 Å². The Morgan fingerprint density at radius 3 is 1.03 bits per heavy atom. The molecule has 2 aromatic carbocycles. The molecule has 0 aliphatic rings. The predicted molar refractivity (Wildman–Crippen MR) is 118 cm³/mol. The highest BCUT2D eigenvalue weighted by molar-refractivity contribution is 5.91. The largest absolute Gasteiger partial charge is 0.507 e. The van der Waals surface area contributed by atoms with Crippen molar-refractivity contribution in [1.29, 1.82) is 0 Å². The summed E-state index contributed by atoms with van der Waals surface area (Å²) in [6, 6.07) is 9.55. The third kappa shape index (κ3) is 8.55. The zero-order chi connectivity index (χ0) is 25.4. The number of hydrogen-bond acceptors (Lipinski definition) is 5. The quantitative estimate of drug-likeness (QED) is 0.368. The number of carbonyl (C=O) groups is 3. The first-order valence-corrected chi connectivity index (χ1v) is 9.44. The van der Waals surface area contributed by atoms with Crippen LogP contribution in [0.3, 0.4) is 0 Å². The number of para-hydroxylation sites is 2. The molecule has 0 amide bonds. The zero-order valence-corrected chi connectivity index (χ0v) is 18.9. The van der Waals surface area contributed by atoms with Crippen LogP contribution in [0.25, 0.3) is 0 Å². The molecular weight excluding hydrogens is 420 g/mol. The van der Waals surface area contributed by atoms with E-state index in [-0.39, 0.29) is 33.5 Å². The van der Waals surface area contributed by atoms with Gasteiger partial charge < -0.3 is 30.6 Å². The van der Waals surface area contributed by atoms with Crippen molar-refractivity contribution >= 4 is 18.1 Å². The highest BCUT2D eigenvalue weighted by Gasteiger charge is 2.22. The van der Waals surface area contributed by atoms with Crippen LogP contribution in [0.5, 0.6) is 11.5 Å². The van der Waals surface area contributed by atoms with Crippen LogP contribution in [0.1, 0.15) is 73.4 Å². The predicted octanol–water partition coefficient (Wildman–Crippen LogP) is 5.00. The van der Waals surface area contributed by atoms with E-state index in [0.717, 1.165) is 0 Å². The van der Waals surface area contributed by atoms with E-state index in [1.165, 1.54) is 12.1 Å². The van der Waals surface area contributed by atoms with Crippen LogP contribution in [0.15, 0.2) is 36.4 Å². The maximum atomic E-state index is 10.7. The average Bonchev–Trinajstić information content (AvgIpc) is 2.59. The Bertz CT molecular complexity index is 887. The van der Waals surface area contributed by atoms with Gasteiger partial charge in [-0.05, 0) is 23.0 Å². The van der Waals surface area contributed by atoms with Gasteiger partial charge in [-0.25, -0.2) is 14.4 Å². The Labute approximate surface area is 186 Å². The average molecular weight is 450 g/mol. The molecule has 0 saturated heterocycles. The fraction of sp³-hybridized carbons (Fsp3) is 0.348. The Morgan fingerprint density at radius 1 is 0.594 bits per heavy atom. The monoisotopic (exact) mass is 450 g/mol. The van der Waals surface area contributed by atoms with Crippen LogP contribution in [-0.2, 0) is 10.8 Å². The SMILES string of the molecule is CC(C)(C)c1cccc(C(=O)O)c1O.CC(C)(C)c1cccc(C(=O)O)c1O.O=C(O)O. The summed E-state index contributed by atoms with van der Waals surface area (Å²) in [7, 11) is 0. The third-order valence-corrected chi connectivity index (χ3v) is 4.15.